The predicted octanol–water partition coefficient (Wildman–Crippen LogP) is 1.25. The van der Waals surface area contributed by atoms with Crippen molar-refractivity contribution in [1.82, 2.24) is 10.7 Å². The zero-order chi connectivity index (χ0) is 11.7. The van der Waals surface area contributed by atoms with Crippen LogP contribution in [-0.4, -0.2) is 23.9 Å². The number of nitrogens with one attached hydrogen (secondary N) is 2. The molecule has 94 valence electrons. The summed E-state index contributed by atoms with van der Waals surface area (Å²) in [5.74, 6) is 0. The van der Waals surface area contributed by atoms with Crippen LogP contribution in [0.4, 0.5) is 0 Å². The van der Waals surface area contributed by atoms with E-state index in [2.05, 4.69) is 43.5 Å². The summed E-state index contributed by atoms with van der Waals surface area (Å²) < 4.78 is 0. The minimum absolute atomic E-state index is 0. The summed E-state index contributed by atoms with van der Waals surface area (Å²) in [7, 11) is 0. The van der Waals surface area contributed by atoms with Gasteiger partial charge in [0, 0.05) is 23.9 Å². The van der Waals surface area contributed by atoms with Gasteiger partial charge >= 0.3 is 0 Å². The molecule has 0 radical (unpaired) electrons. The van der Waals surface area contributed by atoms with Crippen LogP contribution in [0, 0.1) is 10.8 Å². The van der Waals surface area contributed by atoms with E-state index in [9.17, 15) is 0 Å². The lowest BCUT2D eigenvalue weighted by atomic mass is 9.70. The lowest BCUT2D eigenvalue weighted by Gasteiger charge is -2.42. The van der Waals surface area contributed by atoms with Crippen LogP contribution in [0.3, 0.4) is 0 Å². The van der Waals surface area contributed by atoms with E-state index < -0.39 is 0 Å². The highest BCUT2D eigenvalue weighted by Crippen LogP contribution is 2.33. The molecule has 0 amide bonds. The van der Waals surface area contributed by atoms with Crippen LogP contribution in [-0.2, 0) is 0 Å². The van der Waals surface area contributed by atoms with E-state index in [1.165, 1.54) is 0 Å². The van der Waals surface area contributed by atoms with Gasteiger partial charge in [-0.1, -0.05) is 27.7 Å². The van der Waals surface area contributed by atoms with E-state index in [-0.39, 0.29) is 28.3 Å². The molecule has 1 saturated heterocycles. The third kappa shape index (κ3) is 3.57. The monoisotopic (exact) mass is 264 g/mol. The number of nitrogens with two attached hydrogens (primary N) is 1. The number of piperidine rings is 1. The zero-order valence-corrected chi connectivity index (χ0v) is 11.9. The molecule has 1 heterocycles. The Hall–Kier alpha value is -0.390. The first-order valence-electron chi connectivity index (χ1n) is 5.10. The Kier molecular flexibility index (Phi) is 5.16. The van der Waals surface area contributed by atoms with Crippen LogP contribution in [0.25, 0.3) is 0 Å². The second kappa shape index (κ2) is 5.29. The molecule has 1 aliphatic rings. The van der Waals surface area contributed by atoms with Gasteiger partial charge in [0.25, 0.3) is 0 Å². The highest BCUT2D eigenvalue weighted by atomic mass is 35.5. The average Bonchev–Trinajstić information content (AvgIpc) is 1.99. The van der Waals surface area contributed by atoms with Gasteiger partial charge in [0.05, 0.1) is 5.71 Å². The van der Waals surface area contributed by atoms with Gasteiger partial charge in [-0.15, -0.1) is 12.4 Å². The molecule has 16 heavy (non-hydrogen) atoms. The second-order valence-electron chi connectivity index (χ2n) is 5.31. The largest absolute Gasteiger partial charge is 0.375 e. The SMILES string of the molecule is CC1(C)CNCC(C)(C)C1=NNC(N)=S.Cl. The molecule has 0 aromatic carbocycles. The molecule has 6 heteroatoms. The van der Waals surface area contributed by atoms with Crippen molar-refractivity contribution in [2.24, 2.45) is 21.7 Å². The van der Waals surface area contributed by atoms with Crippen molar-refractivity contribution < 1.29 is 0 Å². The van der Waals surface area contributed by atoms with Gasteiger partial charge in [0.1, 0.15) is 0 Å². The number of thiocarbonyl (C=S) groups is 1. The molecule has 0 atom stereocenters. The maximum Gasteiger partial charge on any atom is 0.184 e. The third-order valence-corrected chi connectivity index (χ3v) is 2.79. The molecule has 1 fully saturated rings. The van der Waals surface area contributed by atoms with Crippen LogP contribution in [0.1, 0.15) is 27.7 Å². The molecular weight excluding hydrogens is 244 g/mol. The fraction of sp³-hybridized carbons (Fsp3) is 0.800. The van der Waals surface area contributed by atoms with Gasteiger partial charge in [0.2, 0.25) is 0 Å². The van der Waals surface area contributed by atoms with Gasteiger partial charge in [-0.25, -0.2) is 0 Å². The van der Waals surface area contributed by atoms with Gasteiger partial charge in [-0.2, -0.15) is 5.10 Å². The quantitative estimate of drug-likeness (QED) is 0.493. The molecule has 4 N–H and O–H groups in total. The summed E-state index contributed by atoms with van der Waals surface area (Å²) in [4.78, 5) is 0. The minimum Gasteiger partial charge on any atom is -0.375 e. The molecule has 0 bridgehead atoms. The summed E-state index contributed by atoms with van der Waals surface area (Å²) in [6.07, 6.45) is 0. The Labute approximate surface area is 109 Å². The lowest BCUT2D eigenvalue weighted by Crippen LogP contribution is -2.54. The summed E-state index contributed by atoms with van der Waals surface area (Å²) in [6.45, 7) is 10.5. The highest BCUT2D eigenvalue weighted by molar-refractivity contribution is 7.80. The molecule has 0 aromatic heterocycles. The molecule has 4 nitrogen and oxygen atoms in total. The Morgan fingerprint density at radius 1 is 1.31 bits per heavy atom. The van der Waals surface area contributed by atoms with Crippen LogP contribution >= 0.6 is 24.6 Å². The number of halogens is 1. The lowest BCUT2D eigenvalue weighted by molar-refractivity contribution is 0.321. The first-order chi connectivity index (χ1) is 6.76. The van der Waals surface area contributed by atoms with Crippen molar-refractivity contribution in [2.45, 2.75) is 27.7 Å². The van der Waals surface area contributed by atoms with Gasteiger partial charge in [0.15, 0.2) is 5.11 Å². The number of hydrazone groups is 1. The molecule has 0 aliphatic carbocycles. The topological polar surface area (TPSA) is 62.4 Å². The van der Waals surface area contributed by atoms with E-state index >= 15 is 0 Å². The standard InChI is InChI=1S/C10H20N4S.ClH/c1-9(2)5-12-6-10(3,4)7(9)13-14-8(11)15;/h12H,5-6H2,1-4H3,(H3,11,14,15);1H. The smallest absolute Gasteiger partial charge is 0.184 e. The van der Waals surface area contributed by atoms with Crippen molar-refractivity contribution in [1.29, 1.82) is 0 Å². The minimum atomic E-state index is 0. The normalized spacial score (nSPS) is 21.9. The van der Waals surface area contributed by atoms with Crippen molar-refractivity contribution in [2.75, 3.05) is 13.1 Å². The molecular formula is C10H21ClN4S. The number of hydrogen-bond acceptors (Lipinski definition) is 3. The molecule has 1 rings (SSSR count). The number of hydrogen-bond donors (Lipinski definition) is 3. The second-order valence-corrected chi connectivity index (χ2v) is 5.75. The van der Waals surface area contributed by atoms with Gasteiger partial charge in [-0.3, -0.25) is 5.43 Å². The van der Waals surface area contributed by atoms with Crippen molar-refractivity contribution in [3.63, 3.8) is 0 Å². The van der Waals surface area contributed by atoms with Crippen LogP contribution < -0.4 is 16.5 Å². The summed E-state index contributed by atoms with van der Waals surface area (Å²) in [6, 6.07) is 0. The van der Waals surface area contributed by atoms with Crippen molar-refractivity contribution in [3.8, 4) is 0 Å². The van der Waals surface area contributed by atoms with Crippen LogP contribution in [0.2, 0.25) is 0 Å². The first kappa shape index (κ1) is 15.6. The van der Waals surface area contributed by atoms with Crippen molar-refractivity contribution >= 4 is 35.4 Å². The Morgan fingerprint density at radius 3 is 2.12 bits per heavy atom. The van der Waals surface area contributed by atoms with Gasteiger partial charge in [-0.05, 0) is 12.2 Å². The first-order valence-corrected chi connectivity index (χ1v) is 5.51. The third-order valence-electron chi connectivity index (χ3n) is 2.69. The maximum absolute atomic E-state index is 5.38. The zero-order valence-electron chi connectivity index (χ0n) is 10.3. The van der Waals surface area contributed by atoms with Gasteiger partial charge < -0.3 is 11.1 Å². The Balaban J connectivity index is 0.00000225. The molecule has 1 aliphatic heterocycles. The van der Waals surface area contributed by atoms with Crippen LogP contribution in [0.15, 0.2) is 5.10 Å². The van der Waals surface area contributed by atoms with E-state index in [1.54, 1.807) is 0 Å². The molecule has 0 aromatic rings. The van der Waals surface area contributed by atoms with Crippen molar-refractivity contribution in [3.05, 3.63) is 0 Å². The predicted molar refractivity (Wildman–Crippen MR) is 75.0 cm³/mol. The fourth-order valence-electron chi connectivity index (χ4n) is 2.18. The average molecular weight is 265 g/mol. The molecule has 0 unspecified atom stereocenters. The summed E-state index contributed by atoms with van der Waals surface area (Å²) >= 11 is 4.76. The number of rotatable bonds is 1. The van der Waals surface area contributed by atoms with E-state index in [0.717, 1.165) is 18.8 Å². The summed E-state index contributed by atoms with van der Waals surface area (Å²) in [5, 5.41) is 7.97. The maximum atomic E-state index is 5.38. The van der Waals surface area contributed by atoms with E-state index in [1.807, 2.05) is 0 Å². The molecule has 0 saturated carbocycles. The van der Waals surface area contributed by atoms with E-state index in [0.29, 0.717) is 0 Å². The Morgan fingerprint density at radius 2 is 1.75 bits per heavy atom. The van der Waals surface area contributed by atoms with E-state index in [4.69, 9.17) is 18.0 Å². The number of nitrogens with zero attached hydrogens (tertiary/aromatic N) is 1. The Bertz CT molecular complexity index is 281. The fourth-order valence-corrected chi connectivity index (χ4v) is 2.23. The summed E-state index contributed by atoms with van der Waals surface area (Å²) in [5.41, 5.74) is 9.25. The molecule has 0 spiro atoms. The highest BCUT2D eigenvalue weighted by Gasteiger charge is 2.40. The van der Waals surface area contributed by atoms with Crippen LogP contribution in [0.5, 0.6) is 0 Å².